The van der Waals surface area contributed by atoms with Gasteiger partial charge in [-0.05, 0) is 109 Å². The predicted molar refractivity (Wildman–Crippen MR) is 310 cm³/mol. The average Bonchev–Trinajstić information content (AvgIpc) is 3.45. The lowest BCUT2D eigenvalue weighted by Crippen LogP contribution is -3.00. The lowest BCUT2D eigenvalue weighted by molar-refractivity contribution is -0.180. The van der Waals surface area contributed by atoms with Crippen molar-refractivity contribution in [1.29, 1.82) is 0 Å². The van der Waals surface area contributed by atoms with Crippen molar-refractivity contribution in [3.63, 3.8) is 0 Å². The molecule has 0 atom stereocenters. The molecule has 0 radical (unpaired) electrons. The zero-order valence-electron chi connectivity index (χ0n) is 42.0. The molecule has 0 unspecified atom stereocenters. The van der Waals surface area contributed by atoms with Crippen molar-refractivity contribution < 1.29 is 46.7 Å². The Morgan fingerprint density at radius 1 is 0.333 bits per heavy atom. The number of rotatable bonds is 15. The second kappa shape index (κ2) is 24.4. The molecular weight excluding hydrogens is 1040 g/mol. The zero-order valence-corrected chi connectivity index (χ0v) is 47.0. The minimum absolute atomic E-state index is 0. The third kappa shape index (κ3) is 10.8. The predicted octanol–water partition coefficient (Wildman–Crippen LogP) is 3.22. The van der Waals surface area contributed by atoms with Gasteiger partial charge in [-0.2, -0.15) is 0 Å². The summed E-state index contributed by atoms with van der Waals surface area (Å²) in [6, 6.07) is 101. The molecule has 9 heteroatoms. The minimum atomic E-state index is -2.51. The molecule has 1 aliphatic rings. The number of nitrogens with zero attached hydrogens (tertiary/aromatic N) is 1. The fourth-order valence-corrected chi connectivity index (χ4v) is 23.7. The first kappa shape index (κ1) is 55.3. The van der Waals surface area contributed by atoms with Gasteiger partial charge in [-0.15, -0.1) is 0 Å². The van der Waals surface area contributed by atoms with Gasteiger partial charge in [0.15, 0.2) is 5.75 Å². The highest BCUT2D eigenvalue weighted by Gasteiger charge is 2.53. The van der Waals surface area contributed by atoms with E-state index >= 15 is 0 Å². The molecule has 75 heavy (non-hydrogen) atoms. The number of hydrogen-bond donors (Lipinski definition) is 0. The van der Waals surface area contributed by atoms with Crippen LogP contribution in [0.3, 0.4) is 0 Å². The van der Waals surface area contributed by atoms with Gasteiger partial charge in [0.2, 0.25) is 5.79 Å². The van der Waals surface area contributed by atoms with Gasteiger partial charge in [0.05, 0.1) is 12.3 Å². The molecule has 2 heterocycles. The molecule has 0 amide bonds. The Balaban J connectivity index is 0.00000249. The van der Waals surface area contributed by atoms with E-state index in [2.05, 4.69) is 273 Å². The Morgan fingerprint density at radius 3 is 0.813 bits per heavy atom. The van der Waals surface area contributed by atoms with Gasteiger partial charge in [0.25, 0.3) is 0 Å². The van der Waals surface area contributed by atoms with Crippen LogP contribution in [-0.4, -0.2) is 10.8 Å². The Morgan fingerprint density at radius 2 is 0.560 bits per heavy atom. The number of pyridine rings is 1. The fourth-order valence-electron chi connectivity index (χ4n) is 11.0. The third-order valence-corrected chi connectivity index (χ3v) is 27.3. The van der Waals surface area contributed by atoms with Gasteiger partial charge >= 0.3 is 0 Å². The van der Waals surface area contributed by atoms with Crippen LogP contribution in [0.2, 0.25) is 0 Å². The quantitative estimate of drug-likeness (QED) is 0.148. The van der Waals surface area contributed by atoms with E-state index < -0.39 is 27.6 Å². The molecule has 0 aliphatic carbocycles. The molecule has 11 rings (SSSR count). The van der Waals surface area contributed by atoms with Crippen LogP contribution in [0.25, 0.3) is 0 Å². The molecule has 0 N–H and O–H groups in total. The summed E-state index contributed by atoms with van der Waals surface area (Å²) >= 11 is 0. The Hall–Kier alpha value is -5.95. The highest BCUT2D eigenvalue weighted by molar-refractivity contribution is 7.96. The minimum Gasteiger partial charge on any atom is -1.00 e. The van der Waals surface area contributed by atoms with E-state index in [0.717, 1.165) is 28.9 Å². The molecule has 9 aromatic carbocycles. The van der Waals surface area contributed by atoms with Crippen LogP contribution < -0.4 is 89.7 Å². The summed E-state index contributed by atoms with van der Waals surface area (Å²) < 4.78 is 14.3. The van der Waals surface area contributed by atoms with E-state index in [4.69, 9.17) is 14.5 Å². The van der Waals surface area contributed by atoms with Gasteiger partial charge in [-0.3, -0.25) is 0 Å². The molecule has 10 aromatic rings. The Bertz CT molecular complexity index is 3080. The molecule has 3 nitrogen and oxygen atoms in total. The summed E-state index contributed by atoms with van der Waals surface area (Å²) in [5.74, 6) is -0.0397. The molecule has 1 aliphatic heterocycles. The van der Waals surface area contributed by atoms with Crippen LogP contribution in [0, 0.1) is 0 Å². The van der Waals surface area contributed by atoms with E-state index in [1.165, 1.54) is 53.3 Å². The van der Waals surface area contributed by atoms with Gasteiger partial charge in [0, 0.05) is 25.0 Å². The first-order chi connectivity index (χ1) is 35.4. The second-order valence-electron chi connectivity index (χ2n) is 19.0. The average molecular weight is 1100 g/mol. The van der Waals surface area contributed by atoms with Crippen LogP contribution in [0.5, 0.6) is 5.75 Å². The first-order valence-electron chi connectivity index (χ1n) is 24.9. The van der Waals surface area contributed by atoms with Crippen LogP contribution in [0.15, 0.2) is 273 Å². The van der Waals surface area contributed by atoms with Gasteiger partial charge in [-0.1, -0.05) is 164 Å². The smallest absolute Gasteiger partial charge is 0.205 e. The number of aromatic nitrogens is 1. The summed E-state index contributed by atoms with van der Waals surface area (Å²) in [7, 11) is -7.48. The lowest BCUT2D eigenvalue weighted by atomic mass is 10.0. The number of benzene rings is 9. The molecule has 0 saturated heterocycles. The van der Waals surface area contributed by atoms with Crippen molar-refractivity contribution in [3.8, 4) is 5.75 Å². The molecule has 0 saturated carbocycles. The number of halogens is 3. The fraction of sp³-hybridized carbons (Fsp3) is 0.106. The van der Waals surface area contributed by atoms with Crippen molar-refractivity contribution in [2.75, 3.05) is 0 Å². The van der Waals surface area contributed by atoms with Crippen molar-refractivity contribution in [2.45, 2.75) is 44.7 Å². The summed E-state index contributed by atoms with van der Waals surface area (Å²) in [5, 5.41) is 11.8. The molecule has 0 bridgehead atoms. The molecule has 0 fully saturated rings. The number of ether oxygens (including phenoxy) is 2. The summed E-state index contributed by atoms with van der Waals surface area (Å²) in [6.07, 6.45) is 2.06. The van der Waals surface area contributed by atoms with Crippen LogP contribution in [-0.2, 0) is 29.8 Å². The van der Waals surface area contributed by atoms with Crippen molar-refractivity contribution in [1.82, 2.24) is 4.98 Å². The Labute approximate surface area is 464 Å². The largest absolute Gasteiger partial charge is 1.00 e. The van der Waals surface area contributed by atoms with Crippen molar-refractivity contribution >= 4 is 69.5 Å². The van der Waals surface area contributed by atoms with E-state index in [1.54, 1.807) is 0 Å². The van der Waals surface area contributed by atoms with Gasteiger partial charge in [-0.25, -0.2) is 4.98 Å². The van der Waals surface area contributed by atoms with Gasteiger partial charge in [0.1, 0.15) is 93.7 Å². The van der Waals surface area contributed by atoms with Crippen molar-refractivity contribution in [3.05, 3.63) is 296 Å². The van der Waals surface area contributed by atoms with E-state index in [0.29, 0.717) is 18.9 Å². The van der Waals surface area contributed by atoms with Gasteiger partial charge < -0.3 is 46.7 Å². The molecule has 1 aromatic heterocycles. The maximum absolute atomic E-state index is 7.37. The van der Waals surface area contributed by atoms with Crippen LogP contribution in [0.1, 0.15) is 36.4 Å². The summed E-state index contributed by atoms with van der Waals surface area (Å²) in [5.41, 5.74) is 4.38. The lowest BCUT2D eigenvalue weighted by Gasteiger charge is -2.37. The summed E-state index contributed by atoms with van der Waals surface area (Å²) in [6.45, 7) is 4.49. The van der Waals surface area contributed by atoms with E-state index in [1.807, 2.05) is 13.8 Å². The normalized spacial score (nSPS) is 12.9. The zero-order chi connectivity index (χ0) is 48.9. The van der Waals surface area contributed by atoms with Crippen molar-refractivity contribution in [2.24, 2.45) is 0 Å². The van der Waals surface area contributed by atoms with Crippen LogP contribution >= 0.6 is 21.8 Å². The highest BCUT2D eigenvalue weighted by atomic mass is 35.5. The highest BCUT2D eigenvalue weighted by Crippen LogP contribution is 2.64. The Kier molecular flexibility index (Phi) is 18.0. The monoisotopic (exact) mass is 1100 g/mol. The maximum Gasteiger partial charge on any atom is 0.205 e. The maximum atomic E-state index is 7.37. The van der Waals surface area contributed by atoms with E-state index in [-0.39, 0.29) is 37.2 Å². The standard InChI is InChI=1S/C66H59NO2P3.3ClH/c1-66(2)68-48-61-62(49-70(52-30-12-3-13-31-52,53-32-14-4-15-33-53)54-34-16-5-17-35-54)63(50-71(55-36-18-6-19-37-55,56-38-20-7-21-39-56)57-40-22-8-23-41-57)67-64(65(61)69-66)51-72(58-42-24-9-25-43-58,59-44-26-10-27-45-59)60-46-28-11-29-47-60;;;/h3-47H,48-51H2,1-2H3;3*1H/q+3;;;/p-3. The van der Waals surface area contributed by atoms with Crippen LogP contribution in [0.4, 0.5) is 0 Å². The second-order valence-corrected chi connectivity index (χ2v) is 29.5. The first-order valence-corrected chi connectivity index (χ1v) is 30.8. The molecular formula is C66H59Cl3NO2P3. The SMILES string of the molecule is CC1(C)OCc2c(C[P+](c3ccccc3)(c3ccccc3)c3ccccc3)c(C[P+](c3ccccc3)(c3ccccc3)c3ccccc3)nc(C[P+](c3ccccc3)(c3ccccc3)c3ccccc3)c2O1.[Cl-].[Cl-].[Cl-]. The number of fused-ring (bicyclic) bond motifs is 1. The molecule has 376 valence electrons. The summed E-state index contributed by atoms with van der Waals surface area (Å²) in [4.78, 5) is 6.33. The number of hydrogen-bond acceptors (Lipinski definition) is 3. The third-order valence-electron chi connectivity index (χ3n) is 14.4. The topological polar surface area (TPSA) is 31.4 Å². The molecule has 0 spiro atoms. The van der Waals surface area contributed by atoms with E-state index in [9.17, 15) is 0 Å².